The molecule has 0 saturated heterocycles. The molecule has 0 aliphatic rings. The lowest BCUT2D eigenvalue weighted by Crippen LogP contribution is -2.21. The van der Waals surface area contributed by atoms with Crippen molar-refractivity contribution in [2.45, 2.75) is 31.0 Å². The fourth-order valence-corrected chi connectivity index (χ4v) is 6.16. The Morgan fingerprint density at radius 2 is 1.68 bits per heavy atom. The number of amides is 3. The molecule has 3 amide bonds. The van der Waals surface area contributed by atoms with Gasteiger partial charge in [0.2, 0.25) is 5.95 Å². The van der Waals surface area contributed by atoms with Crippen LogP contribution in [0.15, 0.2) is 88.3 Å². The summed E-state index contributed by atoms with van der Waals surface area (Å²) in [6.07, 6.45) is -3.89. The topological polar surface area (TPSA) is 167 Å². The predicted molar refractivity (Wildman–Crippen MR) is 181 cm³/mol. The molecule has 3 aromatic carbocycles. The molecule has 0 aliphatic heterocycles. The summed E-state index contributed by atoms with van der Waals surface area (Å²) >= 11 is 1.60. The first-order valence-electron chi connectivity index (χ1n) is 13.9. The number of aliphatic hydroxyl groups is 1. The number of aromatic nitrogens is 2. The zero-order valence-corrected chi connectivity index (χ0v) is 27.8. The maximum absolute atomic E-state index is 13.0. The van der Waals surface area contributed by atoms with Crippen molar-refractivity contribution in [1.82, 2.24) is 9.97 Å². The van der Waals surface area contributed by atoms with Crippen LogP contribution in [0.4, 0.5) is 51.6 Å². The third-order valence-corrected chi connectivity index (χ3v) is 9.56. The molecule has 1 unspecified atom stereocenters. The second kappa shape index (κ2) is 15.4. The van der Waals surface area contributed by atoms with E-state index in [1.165, 1.54) is 12.1 Å². The minimum absolute atomic E-state index is 0.0152. The number of aliphatic hydroxyl groups excluding tert-OH is 1. The molecule has 17 heteroatoms. The Balaban J connectivity index is 1.49. The third kappa shape index (κ3) is 10.00. The van der Waals surface area contributed by atoms with Crippen molar-refractivity contribution in [2.75, 3.05) is 34.5 Å². The van der Waals surface area contributed by atoms with Crippen LogP contribution in [0.3, 0.4) is 0 Å². The maximum atomic E-state index is 13.0. The van der Waals surface area contributed by atoms with Crippen molar-refractivity contribution in [3.63, 3.8) is 0 Å². The smallest absolute Gasteiger partial charge is 0.442 e. The summed E-state index contributed by atoms with van der Waals surface area (Å²) in [4.78, 5) is 33.4. The highest BCUT2D eigenvalue weighted by Crippen LogP contribution is 2.32. The van der Waals surface area contributed by atoms with E-state index in [-0.39, 0.29) is 30.9 Å². The Labute approximate surface area is 280 Å². The average molecular weight is 784 g/mol. The molecule has 47 heavy (non-hydrogen) atoms. The zero-order chi connectivity index (χ0) is 34.2. The van der Waals surface area contributed by atoms with E-state index in [2.05, 4.69) is 35.6 Å². The average Bonchev–Trinajstić information content (AvgIpc) is 3.01. The lowest BCUT2D eigenvalue weighted by atomic mass is 10.1. The second-order valence-electron chi connectivity index (χ2n) is 9.82. The number of benzene rings is 3. The number of alkyl halides is 3. The molecule has 0 radical (unpaired) electrons. The van der Waals surface area contributed by atoms with Gasteiger partial charge in [-0.2, -0.15) is 18.2 Å². The number of rotatable bonds is 10. The standard InChI is InChI=1S/C30H29F3IN7O5S/c1-3-46-29(44)41-47(34,45)24-13-11-21(12-14-24)37-27-35-16-25(26(40-27)36-18(2)17-42)19-7-9-22(10-8-19)38-28(43)39-23-6-4-5-20(15-23)30(31,32)33/h4-16,18,42H,3,17H2,1-2H3,(H2,38,39,43)(H2,35,36,37,40)/t18-,47?/m1/s1. The zero-order valence-electron chi connectivity index (χ0n) is 24.8. The number of hydrogen-bond donors (Lipinski definition) is 5. The quantitative estimate of drug-likeness (QED) is 0.0801. The van der Waals surface area contributed by atoms with Crippen LogP contribution < -0.4 is 21.3 Å². The highest BCUT2D eigenvalue weighted by Gasteiger charge is 2.30. The number of ether oxygens (including phenoxy) is 1. The Kier molecular flexibility index (Phi) is 11.6. The molecule has 0 fully saturated rings. The minimum atomic E-state index is -4.54. The summed E-state index contributed by atoms with van der Waals surface area (Å²) < 4.78 is 60.2. The molecule has 248 valence electrons. The number of anilines is 5. The third-order valence-electron chi connectivity index (χ3n) is 6.21. The second-order valence-corrected chi connectivity index (χ2v) is 15.0. The number of nitrogens with one attached hydrogen (secondary N) is 4. The molecule has 12 nitrogen and oxygen atoms in total. The van der Waals surface area contributed by atoms with Gasteiger partial charge in [-0.3, -0.25) is 0 Å². The summed E-state index contributed by atoms with van der Waals surface area (Å²) in [5.41, 5.74) is 1.29. The van der Waals surface area contributed by atoms with Gasteiger partial charge in [-0.1, -0.05) is 18.2 Å². The lowest BCUT2D eigenvalue weighted by molar-refractivity contribution is -0.137. The van der Waals surface area contributed by atoms with Crippen molar-refractivity contribution in [3.8, 4) is 11.1 Å². The van der Waals surface area contributed by atoms with E-state index in [4.69, 9.17) is 4.74 Å². The maximum Gasteiger partial charge on any atom is 0.442 e. The van der Waals surface area contributed by atoms with Gasteiger partial charge in [-0.05, 0) is 74.0 Å². The van der Waals surface area contributed by atoms with Crippen molar-refractivity contribution < 1.29 is 36.8 Å². The van der Waals surface area contributed by atoms with Crippen molar-refractivity contribution in [1.29, 1.82) is 0 Å². The molecule has 0 saturated carbocycles. The fourth-order valence-electron chi connectivity index (χ4n) is 3.98. The van der Waals surface area contributed by atoms with Gasteiger partial charge in [0.1, 0.15) is 12.7 Å². The molecule has 2 atom stereocenters. The molecular weight excluding hydrogens is 754 g/mol. The monoisotopic (exact) mass is 783 g/mol. The van der Waals surface area contributed by atoms with Crippen LogP contribution in [0, 0.1) is 0 Å². The van der Waals surface area contributed by atoms with Gasteiger partial charge in [0.05, 0.1) is 44.9 Å². The van der Waals surface area contributed by atoms with E-state index >= 15 is 0 Å². The summed E-state index contributed by atoms with van der Waals surface area (Å²) in [5.74, 6) is 0.609. The van der Waals surface area contributed by atoms with Crippen LogP contribution in [-0.2, 0) is 17.8 Å². The van der Waals surface area contributed by atoms with Crippen molar-refractivity contribution >= 4 is 69.1 Å². The SMILES string of the molecule is CCOC(=O)N=S(=O)(I)c1ccc(Nc2ncc(-c3ccc(NC(=O)Nc4cccc(C(F)(F)F)c4)cc3)c(N[C@H](C)CO)n2)cc1. The first-order valence-corrected chi connectivity index (χ1v) is 17.9. The molecule has 0 spiro atoms. The predicted octanol–water partition coefficient (Wildman–Crippen LogP) is 7.68. The van der Waals surface area contributed by atoms with E-state index < -0.39 is 30.8 Å². The molecule has 4 rings (SSSR count). The normalized spacial score (nSPS) is 13.1. The van der Waals surface area contributed by atoms with E-state index in [0.29, 0.717) is 33.2 Å². The molecule has 1 aromatic heterocycles. The van der Waals surface area contributed by atoms with Crippen LogP contribution in [0.5, 0.6) is 0 Å². The van der Waals surface area contributed by atoms with Gasteiger partial charge in [0, 0.05) is 34.9 Å². The molecular formula is C30H29F3IN7O5S. The van der Waals surface area contributed by atoms with Gasteiger partial charge in [-0.25, -0.2) is 18.8 Å². The van der Waals surface area contributed by atoms with Crippen molar-refractivity contribution in [3.05, 3.63) is 84.6 Å². The van der Waals surface area contributed by atoms with Gasteiger partial charge >= 0.3 is 18.3 Å². The van der Waals surface area contributed by atoms with E-state index in [1.807, 2.05) is 0 Å². The first kappa shape index (κ1) is 35.4. The Morgan fingerprint density at radius 3 is 2.32 bits per heavy atom. The highest BCUT2D eigenvalue weighted by molar-refractivity contribution is 14.2. The molecule has 1 heterocycles. The summed E-state index contributed by atoms with van der Waals surface area (Å²) in [7, 11) is 0. The van der Waals surface area contributed by atoms with Crippen LogP contribution in [0.25, 0.3) is 11.1 Å². The molecule has 4 aromatic rings. The molecule has 5 N–H and O–H groups in total. The van der Waals surface area contributed by atoms with Crippen LogP contribution in [-0.4, -0.2) is 50.7 Å². The van der Waals surface area contributed by atoms with E-state index in [9.17, 15) is 32.1 Å². The summed E-state index contributed by atoms with van der Waals surface area (Å²) in [6.45, 7) is 0.270. The van der Waals surface area contributed by atoms with Gasteiger partial charge in [0.25, 0.3) is 0 Å². The van der Waals surface area contributed by atoms with E-state index in [0.717, 1.165) is 12.1 Å². The number of hydrogen-bond acceptors (Lipinski definition) is 9. The number of carbonyl (C=O) groups is 2. The fraction of sp³-hybridized carbons (Fsp3) is 0.200. The number of urea groups is 1. The number of carbonyl (C=O) groups excluding carboxylic acids is 2. The summed E-state index contributed by atoms with van der Waals surface area (Å²) in [6, 6.07) is 16.2. The Morgan fingerprint density at radius 1 is 1.02 bits per heavy atom. The largest absolute Gasteiger partial charge is 0.448 e. The van der Waals surface area contributed by atoms with E-state index in [1.54, 1.807) is 89.8 Å². The van der Waals surface area contributed by atoms with Crippen molar-refractivity contribution in [2.24, 2.45) is 4.36 Å². The Hall–Kier alpha value is -4.49. The van der Waals surface area contributed by atoms with Crippen LogP contribution >= 0.6 is 21.2 Å². The van der Waals surface area contributed by atoms with Crippen LogP contribution in [0.2, 0.25) is 0 Å². The minimum Gasteiger partial charge on any atom is -0.448 e. The molecule has 0 bridgehead atoms. The number of halogens is 4. The van der Waals surface area contributed by atoms with Gasteiger partial charge in [0.15, 0.2) is 0 Å². The highest BCUT2D eigenvalue weighted by atomic mass is 127. The summed E-state index contributed by atoms with van der Waals surface area (Å²) in [5, 5.41) is 20.8. The molecule has 0 aliphatic carbocycles. The van der Waals surface area contributed by atoms with Gasteiger partial charge < -0.3 is 31.1 Å². The first-order chi connectivity index (χ1) is 22.3. The number of nitrogens with zero attached hydrogens (tertiary/aromatic N) is 3. The Bertz CT molecular complexity index is 1850. The van der Waals surface area contributed by atoms with Gasteiger partial charge in [-0.15, -0.1) is 4.36 Å². The lowest BCUT2D eigenvalue weighted by Gasteiger charge is -2.17. The van der Waals surface area contributed by atoms with Crippen LogP contribution in [0.1, 0.15) is 19.4 Å².